The van der Waals surface area contributed by atoms with Crippen LogP contribution in [0.5, 0.6) is 0 Å². The van der Waals surface area contributed by atoms with Crippen LogP contribution < -0.4 is 0 Å². The minimum absolute atomic E-state index is 0.108. The molecule has 25 heavy (non-hydrogen) atoms. The van der Waals surface area contributed by atoms with Gasteiger partial charge in [-0.15, -0.1) is 0 Å². The molecule has 1 saturated heterocycles. The van der Waals surface area contributed by atoms with Crippen LogP contribution in [0.3, 0.4) is 0 Å². The standard InChI is InChI=1S/C21H34O4/c1-19-7-5-14(22)11-13(19)3-4-15-16-6-8-21(24-9-10-25-21)20(16,2)18(23)12-17(15)19/h13-18,22-23H,3-12H2,1-2H3/t13-,14-,15?,16?,17?,18+,19+,20-/m1/s1. The molecule has 1 heterocycles. The summed E-state index contributed by atoms with van der Waals surface area (Å²) in [5, 5.41) is 21.5. The van der Waals surface area contributed by atoms with Gasteiger partial charge in [-0.05, 0) is 74.0 Å². The number of hydrogen-bond acceptors (Lipinski definition) is 4. The highest BCUT2D eigenvalue weighted by molar-refractivity contribution is 5.15. The Hall–Kier alpha value is -0.160. The third-order valence-corrected chi connectivity index (χ3v) is 9.53. The van der Waals surface area contributed by atoms with Crippen LogP contribution >= 0.6 is 0 Å². The van der Waals surface area contributed by atoms with Crippen LogP contribution in [-0.4, -0.2) is 41.4 Å². The van der Waals surface area contributed by atoms with Gasteiger partial charge in [0.25, 0.3) is 0 Å². The highest BCUT2D eigenvalue weighted by Gasteiger charge is 2.70. The molecule has 1 spiro atoms. The molecular formula is C21H34O4. The van der Waals surface area contributed by atoms with Crippen molar-refractivity contribution in [2.75, 3.05) is 13.2 Å². The average molecular weight is 350 g/mol. The summed E-state index contributed by atoms with van der Waals surface area (Å²) in [5.74, 6) is 1.86. The highest BCUT2D eigenvalue weighted by Crippen LogP contribution is 2.69. The van der Waals surface area contributed by atoms with Crippen molar-refractivity contribution in [3.05, 3.63) is 0 Å². The normalized spacial score (nSPS) is 57.1. The lowest BCUT2D eigenvalue weighted by Gasteiger charge is -2.62. The molecule has 1 aliphatic heterocycles. The molecular weight excluding hydrogens is 316 g/mol. The van der Waals surface area contributed by atoms with E-state index in [-0.39, 0.29) is 23.0 Å². The predicted molar refractivity (Wildman–Crippen MR) is 93.8 cm³/mol. The van der Waals surface area contributed by atoms with Gasteiger partial charge >= 0.3 is 0 Å². The molecule has 5 rings (SSSR count). The molecule has 5 fully saturated rings. The van der Waals surface area contributed by atoms with Crippen molar-refractivity contribution in [2.45, 2.75) is 83.2 Å². The molecule has 4 heteroatoms. The molecule has 3 unspecified atom stereocenters. The van der Waals surface area contributed by atoms with Gasteiger partial charge in [-0.3, -0.25) is 0 Å². The summed E-state index contributed by atoms with van der Waals surface area (Å²) in [6, 6.07) is 0. The van der Waals surface area contributed by atoms with E-state index >= 15 is 0 Å². The fourth-order valence-corrected chi connectivity index (χ4v) is 8.09. The van der Waals surface area contributed by atoms with E-state index in [9.17, 15) is 10.2 Å². The fraction of sp³-hybridized carbons (Fsp3) is 1.00. The van der Waals surface area contributed by atoms with Gasteiger partial charge < -0.3 is 19.7 Å². The predicted octanol–water partition coefficient (Wildman–Crippen LogP) is 3.10. The number of hydrogen-bond donors (Lipinski definition) is 2. The lowest BCUT2D eigenvalue weighted by atomic mass is 9.44. The van der Waals surface area contributed by atoms with Crippen LogP contribution in [0.15, 0.2) is 0 Å². The van der Waals surface area contributed by atoms with E-state index in [4.69, 9.17) is 9.47 Å². The molecule has 8 atom stereocenters. The number of rotatable bonds is 0. The zero-order valence-electron chi connectivity index (χ0n) is 15.7. The summed E-state index contributed by atoms with van der Waals surface area (Å²) in [6.07, 6.45) is 8.00. The third kappa shape index (κ3) is 2.03. The van der Waals surface area contributed by atoms with Crippen LogP contribution in [0, 0.1) is 34.5 Å². The number of ether oxygens (including phenoxy) is 2. The second-order valence-corrected chi connectivity index (χ2v) is 10.1. The van der Waals surface area contributed by atoms with E-state index < -0.39 is 5.79 Å². The van der Waals surface area contributed by atoms with E-state index in [0.717, 1.165) is 38.5 Å². The SMILES string of the molecule is C[C@]12CC[C@@H](O)C[C@H]1CCC1C2C[C@H](O)[C@@]2(C)C1CCC21OCCO1. The molecule has 4 nitrogen and oxygen atoms in total. The van der Waals surface area contributed by atoms with Crippen molar-refractivity contribution >= 4 is 0 Å². The van der Waals surface area contributed by atoms with E-state index in [0.29, 0.717) is 36.9 Å². The van der Waals surface area contributed by atoms with Gasteiger partial charge in [0.1, 0.15) is 0 Å². The Balaban J connectivity index is 1.49. The van der Waals surface area contributed by atoms with E-state index in [1.165, 1.54) is 12.8 Å². The summed E-state index contributed by atoms with van der Waals surface area (Å²) in [6.45, 7) is 6.04. The maximum Gasteiger partial charge on any atom is 0.176 e. The highest BCUT2D eigenvalue weighted by atomic mass is 16.7. The summed E-state index contributed by atoms with van der Waals surface area (Å²) in [4.78, 5) is 0. The monoisotopic (exact) mass is 350 g/mol. The Labute approximate surface area is 151 Å². The lowest BCUT2D eigenvalue weighted by Crippen LogP contribution is -2.62. The first-order valence-electron chi connectivity index (χ1n) is 10.5. The zero-order chi connectivity index (χ0) is 17.4. The molecule has 0 radical (unpaired) electrons. The summed E-state index contributed by atoms with van der Waals surface area (Å²) in [5.41, 5.74) is 0.0274. The van der Waals surface area contributed by atoms with Gasteiger partial charge in [0.2, 0.25) is 0 Å². The Morgan fingerprint density at radius 1 is 0.840 bits per heavy atom. The van der Waals surface area contributed by atoms with Crippen molar-refractivity contribution in [2.24, 2.45) is 34.5 Å². The Morgan fingerprint density at radius 3 is 2.36 bits per heavy atom. The fourth-order valence-electron chi connectivity index (χ4n) is 8.09. The Bertz CT molecular complexity index is 544. The van der Waals surface area contributed by atoms with E-state index in [1.807, 2.05) is 0 Å². The maximum atomic E-state index is 11.4. The summed E-state index contributed by atoms with van der Waals surface area (Å²) in [7, 11) is 0. The van der Waals surface area contributed by atoms with Crippen LogP contribution in [0.1, 0.15) is 65.2 Å². The molecule has 5 aliphatic rings. The van der Waals surface area contributed by atoms with Gasteiger partial charge in [0.15, 0.2) is 5.79 Å². The zero-order valence-corrected chi connectivity index (χ0v) is 15.7. The van der Waals surface area contributed by atoms with Crippen LogP contribution in [0.25, 0.3) is 0 Å². The molecule has 0 aromatic rings. The van der Waals surface area contributed by atoms with Crippen molar-refractivity contribution in [1.29, 1.82) is 0 Å². The van der Waals surface area contributed by atoms with Crippen molar-refractivity contribution in [1.82, 2.24) is 0 Å². The minimum Gasteiger partial charge on any atom is -0.393 e. The number of aliphatic hydroxyl groups excluding tert-OH is 2. The van der Waals surface area contributed by atoms with Gasteiger partial charge in [0, 0.05) is 6.42 Å². The van der Waals surface area contributed by atoms with Crippen LogP contribution in [0.2, 0.25) is 0 Å². The first-order chi connectivity index (χ1) is 11.9. The van der Waals surface area contributed by atoms with E-state index in [1.54, 1.807) is 0 Å². The van der Waals surface area contributed by atoms with Gasteiger partial charge in [-0.2, -0.15) is 0 Å². The number of fused-ring (bicyclic) bond motifs is 6. The largest absolute Gasteiger partial charge is 0.393 e. The quantitative estimate of drug-likeness (QED) is 0.705. The van der Waals surface area contributed by atoms with Crippen molar-refractivity contribution < 1.29 is 19.7 Å². The van der Waals surface area contributed by atoms with E-state index in [2.05, 4.69) is 13.8 Å². The molecule has 0 aromatic heterocycles. The van der Waals surface area contributed by atoms with Crippen LogP contribution in [0.4, 0.5) is 0 Å². The molecule has 0 amide bonds. The first-order valence-corrected chi connectivity index (χ1v) is 10.5. The van der Waals surface area contributed by atoms with Gasteiger partial charge in [-0.25, -0.2) is 0 Å². The smallest absolute Gasteiger partial charge is 0.176 e. The lowest BCUT2D eigenvalue weighted by molar-refractivity contribution is -0.279. The third-order valence-electron chi connectivity index (χ3n) is 9.53. The Morgan fingerprint density at radius 2 is 1.60 bits per heavy atom. The molecule has 4 saturated carbocycles. The summed E-state index contributed by atoms with van der Waals surface area (Å²) >= 11 is 0. The maximum absolute atomic E-state index is 11.4. The molecule has 142 valence electrons. The average Bonchev–Trinajstić information content (AvgIpc) is 3.18. The number of aliphatic hydroxyl groups is 2. The van der Waals surface area contributed by atoms with Gasteiger partial charge in [-0.1, -0.05) is 13.8 Å². The second-order valence-electron chi connectivity index (χ2n) is 10.1. The molecule has 2 N–H and O–H groups in total. The Kier molecular flexibility index (Phi) is 3.69. The molecule has 4 aliphatic carbocycles. The molecule has 0 bridgehead atoms. The second kappa shape index (κ2) is 5.43. The van der Waals surface area contributed by atoms with Gasteiger partial charge in [0.05, 0.1) is 30.8 Å². The minimum atomic E-state index is -0.539. The first kappa shape index (κ1) is 17.0. The van der Waals surface area contributed by atoms with Crippen molar-refractivity contribution in [3.8, 4) is 0 Å². The van der Waals surface area contributed by atoms with Crippen LogP contribution in [-0.2, 0) is 9.47 Å². The molecule has 0 aromatic carbocycles. The van der Waals surface area contributed by atoms with Crippen molar-refractivity contribution in [3.63, 3.8) is 0 Å². The summed E-state index contributed by atoms with van der Waals surface area (Å²) < 4.78 is 12.3. The topological polar surface area (TPSA) is 58.9 Å².